The number of benzene rings is 1. The van der Waals surface area contributed by atoms with Crippen LogP contribution in [0.3, 0.4) is 0 Å². The minimum atomic E-state index is -3.68. The van der Waals surface area contributed by atoms with E-state index in [-0.39, 0.29) is 47.7 Å². The highest BCUT2D eigenvalue weighted by molar-refractivity contribution is 7.89. The van der Waals surface area contributed by atoms with E-state index < -0.39 is 10.0 Å². The predicted octanol–water partition coefficient (Wildman–Crippen LogP) is 2.50. The van der Waals surface area contributed by atoms with Crippen LogP contribution in [0.4, 0.5) is 5.69 Å². The summed E-state index contributed by atoms with van der Waals surface area (Å²) in [5, 5.41) is 0. The van der Waals surface area contributed by atoms with Gasteiger partial charge in [-0.25, -0.2) is 8.42 Å². The number of rotatable bonds is 5. The smallest absolute Gasteiger partial charge is 0.243 e. The van der Waals surface area contributed by atoms with Crippen molar-refractivity contribution in [3.8, 4) is 5.75 Å². The van der Waals surface area contributed by atoms with Gasteiger partial charge in [-0.05, 0) is 49.2 Å². The highest BCUT2D eigenvalue weighted by Crippen LogP contribution is 2.41. The number of carbonyl (C=O) groups is 2. The molecule has 2 atom stereocenters. The number of piperidine rings is 1. The number of fused-ring (bicyclic) bond motifs is 2. The Morgan fingerprint density at radius 2 is 1.58 bits per heavy atom. The standard InChI is InChI=1S/C22H23N3O5S/c26-21-9-10-22(27)24(21)15-5-7-20(8-6-15)31(28,29)25-16-3-4-17(25)13-19(12-16)30-18-2-1-11-23-14-18/h1-2,5-8,11,14,16-17,19H,3-4,9-10,12-13H2. The summed E-state index contributed by atoms with van der Waals surface area (Å²) in [6, 6.07) is 9.51. The Morgan fingerprint density at radius 1 is 0.935 bits per heavy atom. The molecule has 3 saturated heterocycles. The molecule has 9 heteroatoms. The largest absolute Gasteiger partial charge is 0.489 e. The molecule has 1 aromatic carbocycles. The monoisotopic (exact) mass is 441 g/mol. The molecule has 0 saturated carbocycles. The minimum absolute atomic E-state index is 0.0392. The average molecular weight is 442 g/mol. The Morgan fingerprint density at radius 3 is 2.16 bits per heavy atom. The van der Waals surface area contributed by atoms with Crippen LogP contribution in [0.2, 0.25) is 0 Å². The molecule has 0 aliphatic carbocycles. The molecule has 5 rings (SSSR count). The van der Waals surface area contributed by atoms with E-state index in [4.69, 9.17) is 4.74 Å². The second-order valence-corrected chi connectivity index (χ2v) is 10.1. The molecule has 3 aliphatic heterocycles. The van der Waals surface area contributed by atoms with Gasteiger partial charge in [0.15, 0.2) is 0 Å². The highest BCUT2D eigenvalue weighted by atomic mass is 32.2. The van der Waals surface area contributed by atoms with E-state index in [1.54, 1.807) is 16.7 Å². The number of imide groups is 1. The first-order valence-corrected chi connectivity index (χ1v) is 11.9. The van der Waals surface area contributed by atoms with Gasteiger partial charge in [0.05, 0.1) is 16.8 Å². The van der Waals surface area contributed by atoms with Crippen molar-refractivity contribution in [2.45, 2.75) is 61.6 Å². The van der Waals surface area contributed by atoms with Crippen molar-refractivity contribution in [3.63, 3.8) is 0 Å². The molecule has 0 N–H and O–H groups in total. The summed E-state index contributed by atoms with van der Waals surface area (Å²) < 4.78 is 34.5. The fourth-order valence-corrected chi connectivity index (χ4v) is 6.83. The third-order valence-corrected chi connectivity index (χ3v) is 8.30. The normalized spacial score (nSPS) is 26.5. The number of aromatic nitrogens is 1. The summed E-state index contributed by atoms with van der Waals surface area (Å²) in [6.07, 6.45) is 6.60. The van der Waals surface area contributed by atoms with E-state index in [0.29, 0.717) is 24.3 Å². The lowest BCUT2D eigenvalue weighted by atomic mass is 10.0. The Hall–Kier alpha value is -2.78. The second kappa shape index (κ2) is 7.72. The third-order valence-electron chi connectivity index (χ3n) is 6.28. The summed E-state index contributed by atoms with van der Waals surface area (Å²) in [5.41, 5.74) is 0.415. The number of pyridine rings is 1. The minimum Gasteiger partial charge on any atom is -0.489 e. The zero-order valence-corrected chi connectivity index (χ0v) is 17.7. The predicted molar refractivity (Wildman–Crippen MR) is 112 cm³/mol. The Labute approximate surface area is 180 Å². The van der Waals surface area contributed by atoms with Crippen LogP contribution in [-0.2, 0) is 19.6 Å². The summed E-state index contributed by atoms with van der Waals surface area (Å²) >= 11 is 0. The van der Waals surface area contributed by atoms with Crippen LogP contribution in [0.5, 0.6) is 5.75 Å². The summed E-state index contributed by atoms with van der Waals surface area (Å²) in [4.78, 5) is 29.2. The Bertz CT molecular complexity index is 1070. The van der Waals surface area contributed by atoms with Crippen molar-refractivity contribution in [2.75, 3.05) is 4.90 Å². The lowest BCUT2D eigenvalue weighted by Gasteiger charge is -2.37. The fourth-order valence-electron chi connectivity index (χ4n) is 4.94. The molecule has 31 heavy (non-hydrogen) atoms. The van der Waals surface area contributed by atoms with Crippen LogP contribution in [0, 0.1) is 0 Å². The molecule has 3 fully saturated rings. The van der Waals surface area contributed by atoms with E-state index in [1.807, 2.05) is 12.1 Å². The van der Waals surface area contributed by atoms with E-state index in [9.17, 15) is 18.0 Å². The van der Waals surface area contributed by atoms with Gasteiger partial charge in [0.1, 0.15) is 11.9 Å². The van der Waals surface area contributed by atoms with E-state index >= 15 is 0 Å². The molecule has 1 aromatic heterocycles. The van der Waals surface area contributed by atoms with Crippen LogP contribution < -0.4 is 9.64 Å². The molecule has 0 spiro atoms. The van der Waals surface area contributed by atoms with Crippen molar-refractivity contribution in [1.82, 2.24) is 9.29 Å². The molecular formula is C22H23N3O5S. The summed E-state index contributed by atoms with van der Waals surface area (Å²) in [6.45, 7) is 0. The lowest BCUT2D eigenvalue weighted by Crippen LogP contribution is -2.49. The SMILES string of the molecule is O=C1CCC(=O)N1c1ccc(S(=O)(=O)N2C3CCC2CC(Oc2cccnc2)C3)cc1. The number of hydrogen-bond acceptors (Lipinski definition) is 6. The number of anilines is 1. The van der Waals surface area contributed by atoms with Crippen LogP contribution in [0.15, 0.2) is 53.7 Å². The van der Waals surface area contributed by atoms with Crippen molar-refractivity contribution < 1.29 is 22.7 Å². The zero-order chi connectivity index (χ0) is 21.6. The maximum Gasteiger partial charge on any atom is 0.243 e. The molecular weight excluding hydrogens is 418 g/mol. The molecule has 2 bridgehead atoms. The van der Waals surface area contributed by atoms with Crippen molar-refractivity contribution >= 4 is 27.5 Å². The van der Waals surface area contributed by atoms with Gasteiger partial charge in [-0.15, -0.1) is 0 Å². The Kier molecular flexibility index (Phi) is 5.02. The van der Waals surface area contributed by atoms with Gasteiger partial charge >= 0.3 is 0 Å². The van der Waals surface area contributed by atoms with Gasteiger partial charge in [-0.3, -0.25) is 19.5 Å². The van der Waals surface area contributed by atoms with Crippen LogP contribution in [0.1, 0.15) is 38.5 Å². The lowest BCUT2D eigenvalue weighted by molar-refractivity contribution is -0.121. The number of ether oxygens (including phenoxy) is 1. The zero-order valence-electron chi connectivity index (χ0n) is 16.9. The maximum atomic E-state index is 13.4. The molecule has 8 nitrogen and oxygen atoms in total. The molecule has 162 valence electrons. The number of amides is 2. The van der Waals surface area contributed by atoms with E-state index in [0.717, 1.165) is 17.7 Å². The Balaban J connectivity index is 1.33. The summed E-state index contributed by atoms with van der Waals surface area (Å²) in [7, 11) is -3.68. The third kappa shape index (κ3) is 3.61. The van der Waals surface area contributed by atoms with Gasteiger partial charge < -0.3 is 4.74 Å². The number of hydrogen-bond donors (Lipinski definition) is 0. The number of carbonyl (C=O) groups excluding carboxylic acids is 2. The van der Waals surface area contributed by atoms with Crippen molar-refractivity contribution in [1.29, 1.82) is 0 Å². The highest BCUT2D eigenvalue weighted by Gasteiger charge is 2.48. The van der Waals surface area contributed by atoms with Crippen LogP contribution >= 0.6 is 0 Å². The molecule has 2 aromatic rings. The molecule has 4 heterocycles. The molecule has 3 aliphatic rings. The topological polar surface area (TPSA) is 96.9 Å². The molecule has 2 amide bonds. The van der Waals surface area contributed by atoms with Crippen LogP contribution in [-0.4, -0.2) is 47.7 Å². The fraction of sp³-hybridized carbons (Fsp3) is 0.409. The van der Waals surface area contributed by atoms with Gasteiger partial charge in [-0.1, -0.05) is 0 Å². The van der Waals surface area contributed by atoms with Crippen LogP contribution in [0.25, 0.3) is 0 Å². The van der Waals surface area contributed by atoms with Crippen molar-refractivity contribution in [2.24, 2.45) is 0 Å². The van der Waals surface area contributed by atoms with Gasteiger partial charge in [0, 0.05) is 44.0 Å². The summed E-state index contributed by atoms with van der Waals surface area (Å²) in [5.74, 6) is 0.188. The second-order valence-electron chi connectivity index (χ2n) is 8.24. The number of sulfonamides is 1. The van der Waals surface area contributed by atoms with Gasteiger partial charge in [0.2, 0.25) is 21.8 Å². The van der Waals surface area contributed by atoms with Gasteiger partial charge in [-0.2, -0.15) is 4.31 Å². The van der Waals surface area contributed by atoms with Gasteiger partial charge in [0.25, 0.3) is 0 Å². The quantitative estimate of drug-likeness (QED) is 0.662. The maximum absolute atomic E-state index is 13.4. The average Bonchev–Trinajstić information content (AvgIpc) is 3.25. The van der Waals surface area contributed by atoms with E-state index in [1.165, 1.54) is 24.3 Å². The first kappa shape index (κ1) is 20.1. The number of nitrogens with zero attached hydrogens (tertiary/aromatic N) is 3. The first-order chi connectivity index (χ1) is 14.9. The molecule has 2 unspecified atom stereocenters. The first-order valence-electron chi connectivity index (χ1n) is 10.5. The molecule has 0 radical (unpaired) electrons. The van der Waals surface area contributed by atoms with E-state index in [2.05, 4.69) is 4.98 Å². The van der Waals surface area contributed by atoms with Crippen molar-refractivity contribution in [3.05, 3.63) is 48.8 Å².